The third kappa shape index (κ3) is 4.64. The van der Waals surface area contributed by atoms with Crippen LogP contribution in [0.3, 0.4) is 0 Å². The Bertz CT molecular complexity index is 685. The van der Waals surface area contributed by atoms with E-state index in [2.05, 4.69) is 34.1 Å². The Morgan fingerprint density at radius 3 is 2.77 bits per heavy atom. The number of hydrogen-bond donors (Lipinski definition) is 1. The number of ether oxygens (including phenoxy) is 1. The first-order chi connectivity index (χ1) is 10.8. The van der Waals surface area contributed by atoms with Gasteiger partial charge < -0.3 is 9.94 Å². The van der Waals surface area contributed by atoms with Gasteiger partial charge in [-0.05, 0) is 36.5 Å². The van der Waals surface area contributed by atoms with Crippen molar-refractivity contribution < 1.29 is 9.94 Å². The first-order valence-electron chi connectivity index (χ1n) is 7.08. The molecule has 112 valence electrons. The highest BCUT2D eigenvalue weighted by Gasteiger charge is 2.02. The molecule has 0 aliphatic carbocycles. The van der Waals surface area contributed by atoms with Gasteiger partial charge in [-0.2, -0.15) is 0 Å². The van der Waals surface area contributed by atoms with E-state index in [1.807, 2.05) is 18.2 Å². The standard InChI is InChI=1S/C18H18N2O2/c1-22-18-13-12-16(20-17(18)14-19-21)11-7-3-6-10-15-8-4-2-5-9-15/h2,4-5,8-9,12-14,21H,3,6,10H2,1H3/b19-14+. The summed E-state index contributed by atoms with van der Waals surface area (Å²) in [6, 6.07) is 13.9. The van der Waals surface area contributed by atoms with Crippen LogP contribution in [-0.4, -0.2) is 23.5 Å². The molecular formula is C18H18N2O2. The van der Waals surface area contributed by atoms with Gasteiger partial charge in [0.2, 0.25) is 0 Å². The monoisotopic (exact) mass is 294 g/mol. The Labute approximate surface area is 130 Å². The molecule has 0 saturated carbocycles. The fourth-order valence-corrected chi connectivity index (χ4v) is 2.03. The zero-order valence-corrected chi connectivity index (χ0v) is 12.5. The molecule has 1 N–H and O–H groups in total. The van der Waals surface area contributed by atoms with E-state index in [0.29, 0.717) is 17.1 Å². The zero-order chi connectivity index (χ0) is 15.6. The first kappa shape index (κ1) is 15.6. The summed E-state index contributed by atoms with van der Waals surface area (Å²) in [5.74, 6) is 6.69. The molecule has 0 aliphatic heterocycles. The first-order valence-corrected chi connectivity index (χ1v) is 7.08. The largest absolute Gasteiger partial charge is 0.494 e. The smallest absolute Gasteiger partial charge is 0.146 e. The number of methoxy groups -OCH3 is 1. The lowest BCUT2D eigenvalue weighted by Crippen LogP contribution is -1.96. The SMILES string of the molecule is COc1ccc(C#CCCCc2ccccc2)nc1/C=N/O. The summed E-state index contributed by atoms with van der Waals surface area (Å²) in [5.41, 5.74) is 2.42. The molecule has 1 aromatic heterocycles. The molecule has 0 amide bonds. The van der Waals surface area contributed by atoms with Crippen molar-refractivity contribution in [3.63, 3.8) is 0 Å². The van der Waals surface area contributed by atoms with E-state index in [9.17, 15) is 0 Å². The maximum atomic E-state index is 8.62. The van der Waals surface area contributed by atoms with Crippen LogP contribution in [0.2, 0.25) is 0 Å². The van der Waals surface area contributed by atoms with Crippen molar-refractivity contribution in [1.82, 2.24) is 4.98 Å². The lowest BCUT2D eigenvalue weighted by atomic mass is 10.1. The number of nitrogens with zero attached hydrogens (tertiary/aromatic N) is 2. The van der Waals surface area contributed by atoms with Crippen molar-refractivity contribution in [2.24, 2.45) is 5.16 Å². The molecule has 0 atom stereocenters. The Morgan fingerprint density at radius 2 is 2.05 bits per heavy atom. The molecule has 1 heterocycles. The van der Waals surface area contributed by atoms with Gasteiger partial charge in [0, 0.05) is 6.42 Å². The number of pyridine rings is 1. The van der Waals surface area contributed by atoms with Crippen LogP contribution in [0.4, 0.5) is 0 Å². The molecule has 0 radical (unpaired) electrons. The lowest BCUT2D eigenvalue weighted by molar-refractivity contribution is 0.321. The second kappa shape index (κ2) is 8.48. The van der Waals surface area contributed by atoms with Crippen molar-refractivity contribution >= 4 is 6.21 Å². The van der Waals surface area contributed by atoms with Gasteiger partial charge in [-0.15, -0.1) is 0 Å². The Kier molecular flexibility index (Phi) is 6.01. The van der Waals surface area contributed by atoms with Crippen molar-refractivity contribution in [3.8, 4) is 17.6 Å². The second-order valence-electron chi connectivity index (χ2n) is 4.67. The van der Waals surface area contributed by atoms with Crippen LogP contribution in [0.15, 0.2) is 47.6 Å². The predicted octanol–water partition coefficient (Wildman–Crippen LogP) is 3.27. The summed E-state index contributed by atoms with van der Waals surface area (Å²) in [4.78, 5) is 4.28. The van der Waals surface area contributed by atoms with E-state index in [-0.39, 0.29) is 0 Å². The molecule has 2 aromatic rings. The molecule has 4 nitrogen and oxygen atoms in total. The van der Waals surface area contributed by atoms with Crippen molar-refractivity contribution in [3.05, 3.63) is 59.4 Å². The van der Waals surface area contributed by atoms with Crippen molar-refractivity contribution in [2.75, 3.05) is 7.11 Å². The fourth-order valence-electron chi connectivity index (χ4n) is 2.03. The van der Waals surface area contributed by atoms with E-state index in [4.69, 9.17) is 9.94 Å². The molecule has 1 aromatic carbocycles. The van der Waals surface area contributed by atoms with E-state index < -0.39 is 0 Å². The van der Waals surface area contributed by atoms with Crippen LogP contribution in [0.5, 0.6) is 5.75 Å². The number of oxime groups is 1. The summed E-state index contributed by atoms with van der Waals surface area (Å²) >= 11 is 0. The summed E-state index contributed by atoms with van der Waals surface area (Å²) in [7, 11) is 1.54. The number of rotatable bonds is 5. The van der Waals surface area contributed by atoms with Crippen LogP contribution >= 0.6 is 0 Å². The molecule has 2 rings (SSSR count). The molecule has 0 unspecified atom stereocenters. The molecule has 4 heteroatoms. The highest BCUT2D eigenvalue weighted by Crippen LogP contribution is 2.14. The topological polar surface area (TPSA) is 54.7 Å². The highest BCUT2D eigenvalue weighted by atomic mass is 16.5. The number of benzene rings is 1. The second-order valence-corrected chi connectivity index (χ2v) is 4.67. The van der Waals surface area contributed by atoms with Gasteiger partial charge in [-0.3, -0.25) is 0 Å². The van der Waals surface area contributed by atoms with Gasteiger partial charge in [0.15, 0.2) is 0 Å². The van der Waals surface area contributed by atoms with E-state index in [0.717, 1.165) is 19.3 Å². The van der Waals surface area contributed by atoms with Gasteiger partial charge >= 0.3 is 0 Å². The van der Waals surface area contributed by atoms with Gasteiger partial charge in [-0.25, -0.2) is 4.98 Å². The quantitative estimate of drug-likeness (QED) is 0.303. The maximum absolute atomic E-state index is 8.62. The van der Waals surface area contributed by atoms with Gasteiger partial charge in [-0.1, -0.05) is 41.4 Å². The Morgan fingerprint density at radius 1 is 1.23 bits per heavy atom. The van der Waals surface area contributed by atoms with Crippen LogP contribution in [0.25, 0.3) is 0 Å². The number of aromatic nitrogens is 1. The summed E-state index contributed by atoms with van der Waals surface area (Å²) in [6.07, 6.45) is 4.08. The van der Waals surface area contributed by atoms with E-state index >= 15 is 0 Å². The molecule has 0 spiro atoms. The van der Waals surface area contributed by atoms with Crippen molar-refractivity contribution in [1.29, 1.82) is 0 Å². The van der Waals surface area contributed by atoms with Gasteiger partial charge in [0.1, 0.15) is 17.1 Å². The van der Waals surface area contributed by atoms with Gasteiger partial charge in [0.25, 0.3) is 0 Å². The normalized spacial score (nSPS) is 10.2. The van der Waals surface area contributed by atoms with Crippen LogP contribution < -0.4 is 4.74 Å². The third-order valence-electron chi connectivity index (χ3n) is 3.11. The van der Waals surface area contributed by atoms with Gasteiger partial charge in [0.05, 0.1) is 13.3 Å². The summed E-state index contributed by atoms with van der Waals surface area (Å²) in [5, 5.41) is 11.6. The zero-order valence-electron chi connectivity index (χ0n) is 12.5. The molecule has 0 fully saturated rings. The fraction of sp³-hybridized carbons (Fsp3) is 0.222. The third-order valence-corrected chi connectivity index (χ3v) is 3.11. The number of aryl methyl sites for hydroxylation is 1. The molecular weight excluding hydrogens is 276 g/mol. The highest BCUT2D eigenvalue weighted by molar-refractivity contribution is 5.80. The van der Waals surface area contributed by atoms with Crippen LogP contribution in [0.1, 0.15) is 29.8 Å². The lowest BCUT2D eigenvalue weighted by Gasteiger charge is -2.02. The van der Waals surface area contributed by atoms with Crippen LogP contribution in [-0.2, 0) is 6.42 Å². The summed E-state index contributed by atoms with van der Waals surface area (Å²) in [6.45, 7) is 0. The minimum Gasteiger partial charge on any atom is -0.494 e. The average Bonchev–Trinajstić information content (AvgIpc) is 2.56. The summed E-state index contributed by atoms with van der Waals surface area (Å²) < 4.78 is 5.13. The molecule has 0 saturated heterocycles. The Hall–Kier alpha value is -2.80. The maximum Gasteiger partial charge on any atom is 0.146 e. The predicted molar refractivity (Wildman–Crippen MR) is 86.4 cm³/mol. The molecule has 0 aliphatic rings. The number of hydrogen-bond acceptors (Lipinski definition) is 4. The minimum atomic E-state index is 0.459. The molecule has 0 bridgehead atoms. The van der Waals surface area contributed by atoms with E-state index in [1.165, 1.54) is 11.8 Å². The Balaban J connectivity index is 1.92. The number of unbranched alkanes of at least 4 members (excludes halogenated alkanes) is 1. The molecule has 22 heavy (non-hydrogen) atoms. The van der Waals surface area contributed by atoms with Crippen molar-refractivity contribution in [2.45, 2.75) is 19.3 Å². The average molecular weight is 294 g/mol. The minimum absolute atomic E-state index is 0.459. The van der Waals surface area contributed by atoms with Crippen LogP contribution in [0, 0.1) is 11.8 Å². The van der Waals surface area contributed by atoms with E-state index in [1.54, 1.807) is 19.2 Å².